The Hall–Kier alpha value is -2.34. The van der Waals surface area contributed by atoms with Gasteiger partial charge in [0.05, 0.1) is 6.33 Å². The van der Waals surface area contributed by atoms with Crippen LogP contribution in [0, 0.1) is 22.7 Å². The molecule has 1 amide bonds. The van der Waals surface area contributed by atoms with Crippen molar-refractivity contribution in [2.24, 2.45) is 0 Å². The van der Waals surface area contributed by atoms with Crippen molar-refractivity contribution in [2.75, 3.05) is 6.54 Å². The van der Waals surface area contributed by atoms with E-state index in [-0.39, 0.29) is 23.8 Å². The number of nitrogens with zero attached hydrogens (tertiary/aromatic N) is 4. The number of rotatable bonds is 5. The van der Waals surface area contributed by atoms with E-state index in [1.165, 1.54) is 10.9 Å². The normalized spacial score (nSPS) is 9.35. The summed E-state index contributed by atoms with van der Waals surface area (Å²) in [4.78, 5) is 15.3. The van der Waals surface area contributed by atoms with E-state index in [2.05, 4.69) is 10.3 Å². The third-order valence-corrected chi connectivity index (χ3v) is 2.22. The van der Waals surface area contributed by atoms with E-state index < -0.39 is 0 Å². The average Bonchev–Trinajstić information content (AvgIpc) is 2.71. The maximum atomic E-state index is 11.5. The van der Waals surface area contributed by atoms with Crippen LogP contribution < -0.4 is 5.32 Å². The molecule has 0 unspecified atom stereocenters. The molecule has 1 heterocycles. The Morgan fingerprint density at radius 1 is 1.53 bits per heavy atom. The predicted octanol–water partition coefficient (Wildman–Crippen LogP) is 0.543. The lowest BCUT2D eigenvalue weighted by Crippen LogP contribution is -2.28. The number of hydrogen-bond donors (Lipinski definition) is 1. The SMILES string of the molecule is CCCCNC(=O)Cn1cnc(C#N)c1C#N. The van der Waals surface area contributed by atoms with Crippen LogP contribution in [0.15, 0.2) is 6.33 Å². The summed E-state index contributed by atoms with van der Waals surface area (Å²) < 4.78 is 1.37. The van der Waals surface area contributed by atoms with Crippen LogP contribution in [-0.4, -0.2) is 22.0 Å². The Labute approximate surface area is 99.5 Å². The monoisotopic (exact) mass is 231 g/mol. The fourth-order valence-electron chi connectivity index (χ4n) is 1.32. The fourth-order valence-corrected chi connectivity index (χ4v) is 1.32. The fraction of sp³-hybridized carbons (Fsp3) is 0.455. The average molecular weight is 231 g/mol. The van der Waals surface area contributed by atoms with Gasteiger partial charge >= 0.3 is 0 Å². The molecule has 1 N–H and O–H groups in total. The van der Waals surface area contributed by atoms with Gasteiger partial charge in [-0.1, -0.05) is 13.3 Å². The summed E-state index contributed by atoms with van der Waals surface area (Å²) in [5.74, 6) is -0.183. The maximum absolute atomic E-state index is 11.5. The van der Waals surface area contributed by atoms with Gasteiger partial charge in [0.15, 0.2) is 11.4 Å². The summed E-state index contributed by atoms with van der Waals surface area (Å²) in [7, 11) is 0. The molecule has 0 aromatic carbocycles. The van der Waals surface area contributed by atoms with Gasteiger partial charge in [-0.25, -0.2) is 4.98 Å². The van der Waals surface area contributed by atoms with E-state index in [0.717, 1.165) is 12.8 Å². The molecule has 88 valence electrons. The van der Waals surface area contributed by atoms with Gasteiger partial charge in [-0.3, -0.25) is 4.79 Å². The summed E-state index contributed by atoms with van der Waals surface area (Å²) in [5, 5.41) is 20.3. The van der Waals surface area contributed by atoms with Gasteiger partial charge < -0.3 is 9.88 Å². The van der Waals surface area contributed by atoms with Gasteiger partial charge in [-0.15, -0.1) is 0 Å². The minimum absolute atomic E-state index is 0.0152. The van der Waals surface area contributed by atoms with Crippen molar-refractivity contribution in [3.05, 3.63) is 17.7 Å². The first-order valence-corrected chi connectivity index (χ1v) is 5.35. The quantitative estimate of drug-likeness (QED) is 0.748. The van der Waals surface area contributed by atoms with Crippen molar-refractivity contribution in [3.63, 3.8) is 0 Å². The summed E-state index contributed by atoms with van der Waals surface area (Å²) in [5.41, 5.74) is 0.173. The molecule has 1 aromatic heterocycles. The zero-order chi connectivity index (χ0) is 12.7. The second-order valence-corrected chi connectivity index (χ2v) is 3.50. The second kappa shape index (κ2) is 6.29. The van der Waals surface area contributed by atoms with Crippen LogP contribution in [0.1, 0.15) is 31.2 Å². The van der Waals surface area contributed by atoms with Crippen LogP contribution in [0.2, 0.25) is 0 Å². The number of carbonyl (C=O) groups excluding carboxylic acids is 1. The highest BCUT2D eigenvalue weighted by Gasteiger charge is 2.12. The van der Waals surface area contributed by atoms with Crippen LogP contribution in [-0.2, 0) is 11.3 Å². The standard InChI is InChI=1S/C11H13N5O/c1-2-3-4-14-11(17)7-16-8-15-9(5-12)10(16)6-13/h8H,2-4,7H2,1H3,(H,14,17). The van der Waals surface area contributed by atoms with Crippen molar-refractivity contribution < 1.29 is 4.79 Å². The number of nitriles is 2. The van der Waals surface area contributed by atoms with E-state index in [9.17, 15) is 4.79 Å². The molecule has 0 bridgehead atoms. The topological polar surface area (TPSA) is 94.5 Å². The number of hydrogen-bond acceptors (Lipinski definition) is 4. The van der Waals surface area contributed by atoms with Gasteiger partial charge in [0.2, 0.25) is 5.91 Å². The van der Waals surface area contributed by atoms with Gasteiger partial charge in [0, 0.05) is 6.54 Å². The van der Waals surface area contributed by atoms with E-state index in [1.807, 2.05) is 13.0 Å². The van der Waals surface area contributed by atoms with Gasteiger partial charge in [0.25, 0.3) is 0 Å². The molecule has 0 fully saturated rings. The van der Waals surface area contributed by atoms with Gasteiger partial charge in [-0.05, 0) is 6.42 Å². The molecule has 0 saturated carbocycles. The summed E-state index contributed by atoms with van der Waals surface area (Å²) >= 11 is 0. The third-order valence-electron chi connectivity index (χ3n) is 2.22. The summed E-state index contributed by atoms with van der Waals surface area (Å²) in [6.07, 6.45) is 3.26. The van der Waals surface area contributed by atoms with Crippen LogP contribution >= 0.6 is 0 Å². The maximum Gasteiger partial charge on any atom is 0.240 e. The molecule has 6 nitrogen and oxygen atoms in total. The Kier molecular flexibility index (Phi) is 4.71. The number of nitrogens with one attached hydrogen (secondary N) is 1. The molecule has 0 atom stereocenters. The van der Waals surface area contributed by atoms with E-state index >= 15 is 0 Å². The molecule has 0 aliphatic rings. The minimum atomic E-state index is -0.183. The summed E-state index contributed by atoms with van der Waals surface area (Å²) in [6.45, 7) is 2.67. The zero-order valence-electron chi connectivity index (χ0n) is 9.60. The number of aromatic nitrogens is 2. The van der Waals surface area contributed by atoms with E-state index in [1.54, 1.807) is 6.07 Å². The molecule has 1 rings (SSSR count). The molecule has 1 aromatic rings. The van der Waals surface area contributed by atoms with Crippen molar-refractivity contribution in [2.45, 2.75) is 26.3 Å². The smallest absolute Gasteiger partial charge is 0.240 e. The van der Waals surface area contributed by atoms with Crippen LogP contribution in [0.4, 0.5) is 0 Å². The van der Waals surface area contributed by atoms with Crippen molar-refractivity contribution in [3.8, 4) is 12.1 Å². The Bertz CT molecular complexity index is 477. The lowest BCUT2D eigenvalue weighted by molar-refractivity contribution is -0.121. The largest absolute Gasteiger partial charge is 0.355 e. The number of imidazole rings is 1. The number of amides is 1. The number of unbranched alkanes of at least 4 members (excludes halogenated alkanes) is 1. The molecule has 17 heavy (non-hydrogen) atoms. The Morgan fingerprint density at radius 3 is 2.88 bits per heavy atom. The van der Waals surface area contributed by atoms with E-state index in [0.29, 0.717) is 6.54 Å². The highest BCUT2D eigenvalue weighted by Crippen LogP contribution is 2.04. The molecule has 6 heteroatoms. The Balaban J connectivity index is 2.64. The third kappa shape index (κ3) is 3.32. The highest BCUT2D eigenvalue weighted by atomic mass is 16.1. The lowest BCUT2D eigenvalue weighted by atomic mass is 10.3. The first-order valence-electron chi connectivity index (χ1n) is 5.35. The molecular formula is C11H13N5O. The van der Waals surface area contributed by atoms with E-state index in [4.69, 9.17) is 10.5 Å². The molecular weight excluding hydrogens is 218 g/mol. The first kappa shape index (κ1) is 12.7. The highest BCUT2D eigenvalue weighted by molar-refractivity contribution is 5.75. The van der Waals surface area contributed by atoms with Crippen molar-refractivity contribution >= 4 is 5.91 Å². The molecule has 0 saturated heterocycles. The first-order chi connectivity index (χ1) is 8.22. The van der Waals surface area contributed by atoms with Crippen molar-refractivity contribution in [1.82, 2.24) is 14.9 Å². The van der Waals surface area contributed by atoms with Crippen LogP contribution in [0.3, 0.4) is 0 Å². The van der Waals surface area contributed by atoms with Gasteiger partial charge in [0.1, 0.15) is 18.7 Å². The van der Waals surface area contributed by atoms with Gasteiger partial charge in [-0.2, -0.15) is 10.5 Å². The number of carbonyl (C=O) groups is 1. The van der Waals surface area contributed by atoms with Crippen LogP contribution in [0.25, 0.3) is 0 Å². The predicted molar refractivity (Wildman–Crippen MR) is 59.6 cm³/mol. The van der Waals surface area contributed by atoms with Crippen LogP contribution in [0.5, 0.6) is 0 Å². The summed E-state index contributed by atoms with van der Waals surface area (Å²) in [6, 6.07) is 3.67. The second-order valence-electron chi connectivity index (χ2n) is 3.50. The zero-order valence-corrected chi connectivity index (χ0v) is 9.60. The lowest BCUT2D eigenvalue weighted by Gasteiger charge is -2.05. The van der Waals surface area contributed by atoms with Crippen molar-refractivity contribution in [1.29, 1.82) is 10.5 Å². The molecule has 0 radical (unpaired) electrons. The Morgan fingerprint density at radius 2 is 2.29 bits per heavy atom. The molecule has 0 aliphatic heterocycles. The molecule has 0 spiro atoms. The minimum Gasteiger partial charge on any atom is -0.355 e. The molecule has 0 aliphatic carbocycles.